The van der Waals surface area contributed by atoms with E-state index in [1.807, 2.05) is 31.2 Å². The Kier molecular flexibility index (Phi) is 12.1. The highest BCUT2D eigenvalue weighted by Crippen LogP contribution is 2.43. The van der Waals surface area contributed by atoms with Crippen molar-refractivity contribution in [3.8, 4) is 11.5 Å². The summed E-state index contributed by atoms with van der Waals surface area (Å²) in [6.45, 7) is 6.83. The molecule has 3 heterocycles. The van der Waals surface area contributed by atoms with E-state index < -0.39 is 6.29 Å². The molecule has 0 bridgehead atoms. The summed E-state index contributed by atoms with van der Waals surface area (Å²) in [5.41, 5.74) is 0.962. The Morgan fingerprint density at radius 3 is 2.23 bits per heavy atom. The third-order valence-corrected chi connectivity index (χ3v) is 6.82. The van der Waals surface area contributed by atoms with Crippen molar-refractivity contribution in [2.24, 2.45) is 5.92 Å². The summed E-state index contributed by atoms with van der Waals surface area (Å²) in [5.74, 6) is 1.03. The molecule has 1 saturated heterocycles. The van der Waals surface area contributed by atoms with Crippen molar-refractivity contribution in [2.45, 2.75) is 32.0 Å². The number of aliphatic hydroxyl groups excluding tert-OH is 1. The number of nitrogens with zero attached hydrogens (tertiary/aromatic N) is 1. The van der Waals surface area contributed by atoms with Gasteiger partial charge in [0.25, 0.3) is 5.91 Å². The summed E-state index contributed by atoms with van der Waals surface area (Å²) in [5, 5.41) is 9.55. The van der Waals surface area contributed by atoms with Crippen molar-refractivity contribution in [3.63, 3.8) is 0 Å². The molecule has 39 heavy (non-hydrogen) atoms. The number of amides is 1. The number of rotatable bonds is 7. The smallest absolute Gasteiger partial charge is 0.288 e. The molecule has 0 aromatic heterocycles. The number of aliphatic hydroxyl groups is 1. The molecule has 11 heteroatoms. The standard InChI is InChI=1S/C28H41NO10/c1-2-36-28-22(4-3-9-30)23(21-5-6-24-25(18-21)38-20-37-24)19-26(39-28)27(31)29-7-10-32-12-14-34-16-17-35-15-13-33-11-8-29/h5-6,18-19,22-23,28,30H,2-4,7-17,20H2,1H3/t22-,23-,28-/m0/s1. The fourth-order valence-corrected chi connectivity index (χ4v) is 4.84. The molecular formula is C28H41NO10. The van der Waals surface area contributed by atoms with Crippen LogP contribution in [0, 0.1) is 5.92 Å². The highest BCUT2D eigenvalue weighted by molar-refractivity contribution is 5.91. The van der Waals surface area contributed by atoms with Crippen LogP contribution in [0.15, 0.2) is 30.0 Å². The van der Waals surface area contributed by atoms with E-state index in [0.29, 0.717) is 96.9 Å². The zero-order valence-electron chi connectivity index (χ0n) is 22.7. The normalized spacial score (nSPS) is 25.2. The molecule has 1 amide bonds. The van der Waals surface area contributed by atoms with Crippen LogP contribution >= 0.6 is 0 Å². The van der Waals surface area contributed by atoms with E-state index in [0.717, 1.165) is 5.56 Å². The minimum atomic E-state index is -0.647. The van der Waals surface area contributed by atoms with Crippen molar-refractivity contribution in [1.29, 1.82) is 0 Å². The zero-order valence-corrected chi connectivity index (χ0v) is 22.7. The van der Waals surface area contributed by atoms with E-state index >= 15 is 0 Å². The molecule has 4 rings (SSSR count). The van der Waals surface area contributed by atoms with Gasteiger partial charge in [-0.25, -0.2) is 0 Å². The molecule has 1 fully saturated rings. The van der Waals surface area contributed by atoms with Crippen molar-refractivity contribution in [2.75, 3.05) is 86.0 Å². The third-order valence-electron chi connectivity index (χ3n) is 6.82. The maximum Gasteiger partial charge on any atom is 0.288 e. The molecule has 218 valence electrons. The Morgan fingerprint density at radius 2 is 1.59 bits per heavy atom. The van der Waals surface area contributed by atoms with Crippen LogP contribution < -0.4 is 9.47 Å². The Morgan fingerprint density at radius 1 is 0.949 bits per heavy atom. The molecule has 3 aliphatic heterocycles. The second-order valence-corrected chi connectivity index (χ2v) is 9.38. The monoisotopic (exact) mass is 551 g/mol. The molecular weight excluding hydrogens is 510 g/mol. The quantitative estimate of drug-likeness (QED) is 0.540. The van der Waals surface area contributed by atoms with Gasteiger partial charge in [0.05, 0.1) is 52.9 Å². The number of hydrogen-bond donors (Lipinski definition) is 1. The van der Waals surface area contributed by atoms with Gasteiger partial charge in [0, 0.05) is 38.1 Å². The first kappa shape index (κ1) is 29.6. The Labute approximate surface area is 229 Å². The second kappa shape index (κ2) is 16.0. The highest BCUT2D eigenvalue weighted by atomic mass is 16.7. The van der Waals surface area contributed by atoms with Gasteiger partial charge >= 0.3 is 0 Å². The topological polar surface area (TPSA) is 114 Å². The molecule has 0 aliphatic carbocycles. The van der Waals surface area contributed by atoms with Gasteiger partial charge in [-0.15, -0.1) is 0 Å². The SMILES string of the molecule is CCO[C@H]1OC(C(=O)N2CCOCCOCCOCCOCC2)=C[C@@H](c2ccc3c(c2)OCO3)[C@@H]1CCCO. The lowest BCUT2D eigenvalue weighted by atomic mass is 9.80. The van der Waals surface area contributed by atoms with Crippen LogP contribution in [0.4, 0.5) is 0 Å². The van der Waals surface area contributed by atoms with Crippen molar-refractivity contribution in [3.05, 3.63) is 35.6 Å². The van der Waals surface area contributed by atoms with Gasteiger partial charge < -0.3 is 47.9 Å². The zero-order chi connectivity index (χ0) is 27.3. The molecule has 0 saturated carbocycles. The maximum absolute atomic E-state index is 13.8. The van der Waals surface area contributed by atoms with E-state index in [9.17, 15) is 9.90 Å². The second-order valence-electron chi connectivity index (χ2n) is 9.38. The first-order chi connectivity index (χ1) is 19.2. The average Bonchev–Trinajstić information content (AvgIpc) is 3.42. The van der Waals surface area contributed by atoms with Gasteiger partial charge in [0.2, 0.25) is 13.1 Å². The van der Waals surface area contributed by atoms with Crippen LogP contribution in [0.5, 0.6) is 11.5 Å². The summed E-state index contributed by atoms with van der Waals surface area (Å²) in [6, 6.07) is 5.81. The molecule has 1 aromatic rings. The molecule has 0 spiro atoms. The number of carbonyl (C=O) groups excluding carboxylic acids is 1. The number of carbonyl (C=O) groups is 1. The van der Waals surface area contributed by atoms with Crippen LogP contribution in [-0.2, 0) is 33.2 Å². The predicted molar refractivity (Wildman–Crippen MR) is 140 cm³/mol. The maximum atomic E-state index is 13.8. The summed E-state index contributed by atoms with van der Waals surface area (Å²) in [4.78, 5) is 15.5. The first-order valence-corrected chi connectivity index (χ1v) is 13.8. The van der Waals surface area contributed by atoms with Crippen molar-refractivity contribution >= 4 is 5.91 Å². The number of hydrogen-bond acceptors (Lipinski definition) is 10. The van der Waals surface area contributed by atoms with Gasteiger partial charge in [-0.3, -0.25) is 4.79 Å². The van der Waals surface area contributed by atoms with Crippen LogP contribution in [0.25, 0.3) is 0 Å². The molecule has 11 nitrogen and oxygen atoms in total. The fourth-order valence-electron chi connectivity index (χ4n) is 4.84. The Hall–Kier alpha value is -2.41. The molecule has 0 unspecified atom stereocenters. The number of fused-ring (bicyclic) bond motifs is 1. The van der Waals surface area contributed by atoms with Gasteiger partial charge in [0.15, 0.2) is 17.3 Å². The van der Waals surface area contributed by atoms with E-state index in [2.05, 4.69) is 0 Å². The molecule has 1 aromatic carbocycles. The lowest BCUT2D eigenvalue weighted by Gasteiger charge is -2.38. The highest BCUT2D eigenvalue weighted by Gasteiger charge is 2.39. The summed E-state index contributed by atoms with van der Waals surface area (Å²) in [6.07, 6.45) is 2.47. The first-order valence-electron chi connectivity index (χ1n) is 13.8. The minimum Gasteiger partial charge on any atom is -0.459 e. The van der Waals surface area contributed by atoms with Crippen molar-refractivity contribution in [1.82, 2.24) is 4.90 Å². The summed E-state index contributed by atoms with van der Waals surface area (Å²) in [7, 11) is 0. The number of ether oxygens (including phenoxy) is 8. The van der Waals surface area contributed by atoms with Crippen LogP contribution in [0.2, 0.25) is 0 Å². The van der Waals surface area contributed by atoms with Gasteiger partial charge in [-0.05, 0) is 43.5 Å². The Balaban J connectivity index is 1.55. The summed E-state index contributed by atoms with van der Waals surface area (Å²) >= 11 is 0. The van der Waals surface area contributed by atoms with E-state index in [1.54, 1.807) is 4.90 Å². The molecule has 1 N–H and O–H groups in total. The van der Waals surface area contributed by atoms with Gasteiger partial charge in [0.1, 0.15) is 0 Å². The molecule has 3 aliphatic rings. The third kappa shape index (κ3) is 8.54. The molecule has 3 atom stereocenters. The molecule has 0 radical (unpaired) electrons. The van der Waals surface area contributed by atoms with E-state index in [-0.39, 0.29) is 36.9 Å². The summed E-state index contributed by atoms with van der Waals surface area (Å²) < 4.78 is 45.7. The minimum absolute atomic E-state index is 0.0581. The van der Waals surface area contributed by atoms with Gasteiger partial charge in [-0.2, -0.15) is 0 Å². The fraction of sp³-hybridized carbons (Fsp3) is 0.679. The van der Waals surface area contributed by atoms with Crippen LogP contribution in [0.3, 0.4) is 0 Å². The Bertz CT molecular complexity index is 910. The lowest BCUT2D eigenvalue weighted by molar-refractivity contribution is -0.170. The van der Waals surface area contributed by atoms with Crippen LogP contribution in [0.1, 0.15) is 31.2 Å². The average molecular weight is 552 g/mol. The van der Waals surface area contributed by atoms with E-state index in [4.69, 9.17) is 37.9 Å². The van der Waals surface area contributed by atoms with Gasteiger partial charge in [-0.1, -0.05) is 6.07 Å². The van der Waals surface area contributed by atoms with E-state index in [1.165, 1.54) is 0 Å². The van der Waals surface area contributed by atoms with Crippen molar-refractivity contribution < 1.29 is 47.8 Å². The number of allylic oxidation sites excluding steroid dienone is 1. The van der Waals surface area contributed by atoms with Crippen LogP contribution in [-0.4, -0.2) is 108 Å². The lowest BCUT2D eigenvalue weighted by Crippen LogP contribution is -2.42. The largest absolute Gasteiger partial charge is 0.459 e. The number of benzene rings is 1. The predicted octanol–water partition coefficient (Wildman–Crippen LogP) is 2.07.